The first-order chi connectivity index (χ1) is 10.5. The van der Waals surface area contributed by atoms with E-state index in [9.17, 15) is 4.39 Å². The lowest BCUT2D eigenvalue weighted by molar-refractivity contribution is 0.134. The number of ether oxygens (including phenoxy) is 1. The molecule has 1 atom stereocenters. The van der Waals surface area contributed by atoms with Crippen LogP contribution in [-0.2, 0) is 18.0 Å². The molecule has 0 spiro atoms. The predicted molar refractivity (Wildman–Crippen MR) is 88.8 cm³/mol. The van der Waals surface area contributed by atoms with E-state index in [0.29, 0.717) is 18.2 Å². The molecule has 0 amide bonds. The predicted octanol–water partition coefficient (Wildman–Crippen LogP) is 6.00. The highest BCUT2D eigenvalue weighted by Crippen LogP contribution is 2.41. The molecule has 1 aliphatic heterocycles. The highest BCUT2D eigenvalue weighted by molar-refractivity contribution is 6.33. The molecule has 0 saturated heterocycles. The van der Waals surface area contributed by atoms with Crippen LogP contribution in [0, 0.1) is 12.7 Å². The molecule has 0 radical (unpaired) electrons. The number of benzene rings is 2. The average molecular weight is 319 g/mol. The van der Waals surface area contributed by atoms with Crippen LogP contribution in [-0.4, -0.2) is 0 Å². The summed E-state index contributed by atoms with van der Waals surface area (Å²) in [5, 5.41) is 0.480. The zero-order chi connectivity index (χ0) is 15.9. The Morgan fingerprint density at radius 2 is 1.95 bits per heavy atom. The first-order valence-corrected chi connectivity index (χ1v) is 8.09. The van der Waals surface area contributed by atoms with E-state index in [1.807, 2.05) is 0 Å². The number of fused-ring (bicyclic) bond motifs is 1. The molecule has 2 aromatic carbocycles. The molecule has 1 heterocycles. The molecule has 1 nitrogen and oxygen atoms in total. The largest absolute Gasteiger partial charge is 0.372 e. The summed E-state index contributed by atoms with van der Waals surface area (Å²) in [4.78, 5) is 0. The lowest BCUT2D eigenvalue weighted by atomic mass is 9.86. The first-order valence-electron chi connectivity index (χ1n) is 7.71. The minimum absolute atomic E-state index is 0.252. The third-order valence-corrected chi connectivity index (χ3v) is 4.95. The topological polar surface area (TPSA) is 9.23 Å². The molecule has 116 valence electrons. The molecule has 2 aromatic rings. The first kappa shape index (κ1) is 15.5. The molecule has 0 fully saturated rings. The molecule has 0 aromatic heterocycles. The molecule has 3 rings (SSSR count). The summed E-state index contributed by atoms with van der Waals surface area (Å²) in [6, 6.07) is 7.22. The van der Waals surface area contributed by atoms with E-state index in [2.05, 4.69) is 32.9 Å². The Morgan fingerprint density at radius 1 is 1.23 bits per heavy atom. The number of hydrogen-bond donors (Lipinski definition) is 0. The van der Waals surface area contributed by atoms with E-state index in [-0.39, 0.29) is 11.7 Å². The molecule has 0 bridgehead atoms. The Bertz CT molecular complexity index is 724. The normalized spacial score (nSPS) is 15.0. The fourth-order valence-electron chi connectivity index (χ4n) is 3.15. The summed E-state index contributed by atoms with van der Waals surface area (Å²) in [5.74, 6) is -0.0217. The van der Waals surface area contributed by atoms with Crippen LogP contribution in [0.2, 0.25) is 5.02 Å². The fourth-order valence-corrected chi connectivity index (χ4v) is 3.47. The Morgan fingerprint density at radius 3 is 2.68 bits per heavy atom. The SMILES string of the molecule is CCC(C)c1cc(F)cc(Cl)c1-c1ccc(C)c2c1COC2. The molecular formula is C19H20ClFO. The number of rotatable bonds is 3. The van der Waals surface area contributed by atoms with Gasteiger partial charge in [-0.15, -0.1) is 0 Å². The standard InChI is InChI=1S/C19H20ClFO/c1-4-11(2)15-7-13(21)8-18(20)19(15)14-6-5-12(3)16-9-22-10-17(14)16/h5-8,11H,4,9-10H2,1-3H3. The summed E-state index contributed by atoms with van der Waals surface area (Å²) in [6.45, 7) is 7.56. The van der Waals surface area contributed by atoms with E-state index in [0.717, 1.165) is 23.1 Å². The second-order valence-corrected chi connectivity index (χ2v) is 6.45. The highest BCUT2D eigenvalue weighted by Gasteiger charge is 2.23. The number of hydrogen-bond acceptors (Lipinski definition) is 1. The van der Waals surface area contributed by atoms with Gasteiger partial charge in [0.1, 0.15) is 5.82 Å². The number of halogens is 2. The average Bonchev–Trinajstić information content (AvgIpc) is 2.97. The summed E-state index contributed by atoms with van der Waals surface area (Å²) in [7, 11) is 0. The monoisotopic (exact) mass is 318 g/mol. The molecule has 0 N–H and O–H groups in total. The fraction of sp³-hybridized carbons (Fsp3) is 0.368. The second-order valence-electron chi connectivity index (χ2n) is 6.04. The van der Waals surface area contributed by atoms with Gasteiger partial charge < -0.3 is 4.74 Å². The molecule has 1 aliphatic rings. The summed E-state index contributed by atoms with van der Waals surface area (Å²) in [5.41, 5.74) is 6.69. The van der Waals surface area contributed by atoms with Gasteiger partial charge >= 0.3 is 0 Å². The van der Waals surface area contributed by atoms with E-state index >= 15 is 0 Å². The van der Waals surface area contributed by atoms with E-state index in [1.54, 1.807) is 6.07 Å². The van der Waals surface area contributed by atoms with Crippen LogP contribution < -0.4 is 0 Å². The van der Waals surface area contributed by atoms with Gasteiger partial charge in [0, 0.05) is 5.56 Å². The maximum Gasteiger partial charge on any atom is 0.125 e. The van der Waals surface area contributed by atoms with E-state index in [1.165, 1.54) is 22.8 Å². The van der Waals surface area contributed by atoms with Crippen molar-refractivity contribution in [2.75, 3.05) is 0 Å². The Kier molecular flexibility index (Phi) is 4.24. The van der Waals surface area contributed by atoms with Crippen LogP contribution in [0.5, 0.6) is 0 Å². The van der Waals surface area contributed by atoms with Crippen molar-refractivity contribution in [1.29, 1.82) is 0 Å². The quantitative estimate of drug-likeness (QED) is 0.674. The van der Waals surface area contributed by atoms with Crippen LogP contribution in [0.25, 0.3) is 11.1 Å². The van der Waals surface area contributed by atoms with Gasteiger partial charge in [0.15, 0.2) is 0 Å². The maximum absolute atomic E-state index is 13.8. The minimum Gasteiger partial charge on any atom is -0.372 e. The molecule has 3 heteroatoms. The zero-order valence-corrected chi connectivity index (χ0v) is 13.9. The van der Waals surface area contributed by atoms with Crippen molar-refractivity contribution < 1.29 is 9.13 Å². The molecule has 22 heavy (non-hydrogen) atoms. The van der Waals surface area contributed by atoms with Crippen LogP contribution in [0.4, 0.5) is 4.39 Å². The van der Waals surface area contributed by atoms with Crippen LogP contribution in [0.1, 0.15) is 48.4 Å². The van der Waals surface area contributed by atoms with Crippen molar-refractivity contribution in [3.8, 4) is 11.1 Å². The molecule has 1 unspecified atom stereocenters. The van der Waals surface area contributed by atoms with Crippen molar-refractivity contribution in [2.24, 2.45) is 0 Å². The number of aryl methyl sites for hydroxylation is 1. The van der Waals surface area contributed by atoms with Gasteiger partial charge in [-0.2, -0.15) is 0 Å². The molecule has 0 saturated carbocycles. The van der Waals surface area contributed by atoms with Gasteiger partial charge in [0.2, 0.25) is 0 Å². The minimum atomic E-state index is -0.274. The second kappa shape index (κ2) is 6.02. The Labute approximate surface area is 136 Å². The maximum atomic E-state index is 13.8. The van der Waals surface area contributed by atoms with Crippen LogP contribution in [0.3, 0.4) is 0 Å². The van der Waals surface area contributed by atoms with Crippen LogP contribution in [0.15, 0.2) is 24.3 Å². The van der Waals surface area contributed by atoms with Crippen molar-refractivity contribution in [3.63, 3.8) is 0 Å². The van der Waals surface area contributed by atoms with Gasteiger partial charge in [-0.1, -0.05) is 37.6 Å². The van der Waals surface area contributed by atoms with Gasteiger partial charge in [0.05, 0.1) is 18.2 Å². The summed E-state index contributed by atoms with van der Waals surface area (Å²) in [6.07, 6.45) is 0.942. The summed E-state index contributed by atoms with van der Waals surface area (Å²) < 4.78 is 19.5. The zero-order valence-electron chi connectivity index (χ0n) is 13.2. The van der Waals surface area contributed by atoms with E-state index in [4.69, 9.17) is 16.3 Å². The van der Waals surface area contributed by atoms with Crippen LogP contribution >= 0.6 is 11.6 Å². The summed E-state index contributed by atoms with van der Waals surface area (Å²) >= 11 is 6.43. The lowest BCUT2D eigenvalue weighted by Crippen LogP contribution is -2.01. The van der Waals surface area contributed by atoms with E-state index < -0.39 is 0 Å². The highest BCUT2D eigenvalue weighted by atomic mass is 35.5. The third kappa shape index (κ3) is 2.55. The van der Waals surface area contributed by atoms with Crippen molar-refractivity contribution >= 4 is 11.6 Å². The Balaban J connectivity index is 2.27. The third-order valence-electron chi connectivity index (χ3n) is 4.66. The molecule has 0 aliphatic carbocycles. The van der Waals surface area contributed by atoms with Crippen molar-refractivity contribution in [1.82, 2.24) is 0 Å². The Hall–Kier alpha value is -1.38. The van der Waals surface area contributed by atoms with Gasteiger partial charge in [-0.05, 0) is 59.2 Å². The lowest BCUT2D eigenvalue weighted by Gasteiger charge is -2.19. The van der Waals surface area contributed by atoms with Gasteiger partial charge in [0.25, 0.3) is 0 Å². The van der Waals surface area contributed by atoms with Gasteiger partial charge in [-0.3, -0.25) is 0 Å². The molecular weight excluding hydrogens is 299 g/mol. The van der Waals surface area contributed by atoms with Crippen molar-refractivity contribution in [3.05, 3.63) is 57.4 Å². The smallest absolute Gasteiger partial charge is 0.125 e. The van der Waals surface area contributed by atoms with Gasteiger partial charge in [-0.25, -0.2) is 4.39 Å². The van der Waals surface area contributed by atoms with Crippen molar-refractivity contribution in [2.45, 2.75) is 46.3 Å².